The van der Waals surface area contributed by atoms with Crippen LogP contribution in [0.15, 0.2) is 17.0 Å². The summed E-state index contributed by atoms with van der Waals surface area (Å²) in [5.41, 5.74) is -1.25. The number of methoxy groups -OCH3 is 2. The van der Waals surface area contributed by atoms with E-state index in [1.807, 2.05) is 0 Å². The molecule has 1 rings (SSSR count). The van der Waals surface area contributed by atoms with Crippen LogP contribution in [0.4, 0.5) is 13.2 Å². The topological polar surface area (TPSA) is 52.6 Å². The molecule has 0 atom stereocenters. The molecule has 0 aliphatic rings. The third-order valence-corrected chi connectivity index (χ3v) is 3.39. The van der Waals surface area contributed by atoms with Gasteiger partial charge in [0, 0.05) is 10.7 Å². The number of hydrogen-bond acceptors (Lipinski definition) is 4. The van der Waals surface area contributed by atoms with Crippen LogP contribution in [0.2, 0.25) is 0 Å². The second-order valence-corrected chi connectivity index (χ2v) is 5.62. The molecule has 0 bridgehead atoms. The molecular formula is C9H8ClF3O4S. The fourth-order valence-corrected chi connectivity index (χ4v) is 2.61. The van der Waals surface area contributed by atoms with Crippen molar-refractivity contribution in [1.29, 1.82) is 0 Å². The molecule has 0 unspecified atom stereocenters. The van der Waals surface area contributed by atoms with E-state index in [0.29, 0.717) is 6.07 Å². The lowest BCUT2D eigenvalue weighted by Gasteiger charge is -2.16. The zero-order valence-electron chi connectivity index (χ0n) is 9.21. The molecule has 0 spiro atoms. The van der Waals surface area contributed by atoms with Crippen molar-refractivity contribution in [1.82, 2.24) is 0 Å². The van der Waals surface area contributed by atoms with Gasteiger partial charge in [-0.05, 0) is 12.1 Å². The summed E-state index contributed by atoms with van der Waals surface area (Å²) in [5, 5.41) is 0. The molecule has 0 radical (unpaired) electrons. The molecule has 0 aliphatic heterocycles. The van der Waals surface area contributed by atoms with Crippen LogP contribution in [-0.2, 0) is 15.2 Å². The second-order valence-electron chi connectivity index (χ2n) is 3.11. The van der Waals surface area contributed by atoms with Gasteiger partial charge in [0.25, 0.3) is 9.05 Å². The number of alkyl halides is 3. The fraction of sp³-hybridized carbons (Fsp3) is 0.333. The van der Waals surface area contributed by atoms with Crippen LogP contribution in [0.25, 0.3) is 0 Å². The zero-order chi connectivity index (χ0) is 14.1. The summed E-state index contributed by atoms with van der Waals surface area (Å²) in [5.74, 6) is -1.22. The fourth-order valence-electron chi connectivity index (χ4n) is 1.36. The predicted molar refractivity (Wildman–Crippen MR) is 57.6 cm³/mol. The average Bonchev–Trinajstić information content (AvgIpc) is 2.24. The second kappa shape index (κ2) is 4.85. The van der Waals surface area contributed by atoms with E-state index < -0.39 is 31.4 Å². The summed E-state index contributed by atoms with van der Waals surface area (Å²) in [6.07, 6.45) is -4.77. The van der Waals surface area contributed by atoms with Crippen molar-refractivity contribution >= 4 is 19.7 Å². The monoisotopic (exact) mass is 304 g/mol. The summed E-state index contributed by atoms with van der Waals surface area (Å²) in [6.45, 7) is 0. The van der Waals surface area contributed by atoms with Crippen LogP contribution in [0.3, 0.4) is 0 Å². The lowest BCUT2D eigenvalue weighted by molar-refractivity contribution is -0.139. The van der Waals surface area contributed by atoms with Crippen molar-refractivity contribution in [2.24, 2.45) is 0 Å². The Morgan fingerprint density at radius 3 is 2.06 bits per heavy atom. The van der Waals surface area contributed by atoms with Crippen LogP contribution in [-0.4, -0.2) is 22.6 Å². The zero-order valence-corrected chi connectivity index (χ0v) is 10.8. The van der Waals surface area contributed by atoms with Gasteiger partial charge in [0.15, 0.2) is 10.6 Å². The molecule has 0 amide bonds. The minimum Gasteiger partial charge on any atom is -0.495 e. The summed E-state index contributed by atoms with van der Waals surface area (Å²) in [6, 6.07) is 1.52. The highest BCUT2D eigenvalue weighted by molar-refractivity contribution is 8.14. The summed E-state index contributed by atoms with van der Waals surface area (Å²) in [7, 11) is 2.66. The maximum absolute atomic E-state index is 12.7. The van der Waals surface area contributed by atoms with Gasteiger partial charge in [0.2, 0.25) is 0 Å². The summed E-state index contributed by atoms with van der Waals surface area (Å²) >= 11 is 0. The Morgan fingerprint density at radius 2 is 1.72 bits per heavy atom. The van der Waals surface area contributed by atoms with Gasteiger partial charge in [0.1, 0.15) is 5.75 Å². The van der Waals surface area contributed by atoms with Crippen LogP contribution in [0.1, 0.15) is 5.56 Å². The molecule has 0 aliphatic carbocycles. The lowest BCUT2D eigenvalue weighted by atomic mass is 10.2. The number of benzene rings is 1. The van der Waals surface area contributed by atoms with Crippen LogP contribution >= 0.6 is 10.7 Å². The highest BCUT2D eigenvalue weighted by atomic mass is 35.7. The maximum atomic E-state index is 12.7. The molecule has 1 aromatic rings. The molecule has 0 heterocycles. The van der Waals surface area contributed by atoms with Gasteiger partial charge in [0.05, 0.1) is 19.8 Å². The molecule has 4 nitrogen and oxygen atoms in total. The van der Waals surface area contributed by atoms with Gasteiger partial charge in [-0.25, -0.2) is 8.42 Å². The van der Waals surface area contributed by atoms with Crippen molar-refractivity contribution < 1.29 is 31.1 Å². The van der Waals surface area contributed by atoms with Gasteiger partial charge < -0.3 is 9.47 Å². The number of rotatable bonds is 3. The van der Waals surface area contributed by atoms with E-state index in [9.17, 15) is 21.6 Å². The highest BCUT2D eigenvalue weighted by Crippen LogP contribution is 2.44. The third-order valence-electron chi connectivity index (χ3n) is 2.05. The van der Waals surface area contributed by atoms with E-state index in [2.05, 4.69) is 9.47 Å². The number of ether oxygens (including phenoxy) is 2. The first-order chi connectivity index (χ1) is 8.12. The van der Waals surface area contributed by atoms with Gasteiger partial charge in [-0.3, -0.25) is 0 Å². The molecule has 0 aromatic heterocycles. The molecule has 18 heavy (non-hydrogen) atoms. The maximum Gasteiger partial charge on any atom is 0.420 e. The molecule has 1 aromatic carbocycles. The quantitative estimate of drug-likeness (QED) is 0.806. The molecule has 102 valence electrons. The summed E-state index contributed by atoms with van der Waals surface area (Å²) < 4.78 is 69.8. The van der Waals surface area contributed by atoms with E-state index >= 15 is 0 Å². The molecular weight excluding hydrogens is 297 g/mol. The number of hydrogen-bond donors (Lipinski definition) is 0. The molecule has 0 N–H and O–H groups in total. The Labute approximate surface area is 106 Å². The van der Waals surface area contributed by atoms with Crippen molar-refractivity contribution in [3.8, 4) is 11.5 Å². The Kier molecular flexibility index (Phi) is 4.02. The van der Waals surface area contributed by atoms with Crippen molar-refractivity contribution in [2.75, 3.05) is 14.2 Å². The average molecular weight is 305 g/mol. The normalized spacial score (nSPS) is 12.3. The lowest BCUT2D eigenvalue weighted by Crippen LogP contribution is -2.11. The van der Waals surface area contributed by atoms with E-state index in [1.54, 1.807) is 0 Å². The van der Waals surface area contributed by atoms with Gasteiger partial charge in [-0.15, -0.1) is 0 Å². The molecule has 0 saturated carbocycles. The van der Waals surface area contributed by atoms with Gasteiger partial charge >= 0.3 is 6.18 Å². The molecule has 0 saturated heterocycles. The predicted octanol–water partition coefficient (Wildman–Crippen LogP) is 2.65. The number of halogens is 4. The Balaban J connectivity index is 3.75. The minimum absolute atomic E-state index is 0.324. The van der Waals surface area contributed by atoms with E-state index in [1.165, 1.54) is 0 Å². The third kappa shape index (κ3) is 2.81. The first-order valence-electron chi connectivity index (χ1n) is 4.39. The van der Waals surface area contributed by atoms with E-state index in [0.717, 1.165) is 20.3 Å². The van der Waals surface area contributed by atoms with Gasteiger partial charge in [-0.2, -0.15) is 13.2 Å². The first kappa shape index (κ1) is 14.9. The van der Waals surface area contributed by atoms with E-state index in [4.69, 9.17) is 10.7 Å². The highest BCUT2D eigenvalue weighted by Gasteiger charge is 2.38. The van der Waals surface area contributed by atoms with Crippen molar-refractivity contribution in [3.05, 3.63) is 17.7 Å². The first-order valence-corrected chi connectivity index (χ1v) is 6.70. The standard InChI is InChI=1S/C9H8ClF3O4S/c1-16-6-4-3-5(9(11,12)13)7(17-2)8(6)18(10,14)15/h3-4H,1-2H3. The van der Waals surface area contributed by atoms with E-state index in [-0.39, 0.29) is 5.75 Å². The largest absolute Gasteiger partial charge is 0.495 e. The van der Waals surface area contributed by atoms with Crippen molar-refractivity contribution in [3.63, 3.8) is 0 Å². The van der Waals surface area contributed by atoms with Gasteiger partial charge in [-0.1, -0.05) is 0 Å². The molecule has 9 heteroatoms. The SMILES string of the molecule is COc1ccc(C(F)(F)F)c(OC)c1S(=O)(=O)Cl. The van der Waals surface area contributed by atoms with Crippen LogP contribution in [0, 0.1) is 0 Å². The smallest absolute Gasteiger partial charge is 0.420 e. The van der Waals surface area contributed by atoms with Crippen LogP contribution in [0.5, 0.6) is 11.5 Å². The van der Waals surface area contributed by atoms with Crippen molar-refractivity contribution in [2.45, 2.75) is 11.1 Å². The van der Waals surface area contributed by atoms with Crippen LogP contribution < -0.4 is 9.47 Å². The Morgan fingerprint density at radius 1 is 1.17 bits per heavy atom. The Hall–Kier alpha value is -1.15. The minimum atomic E-state index is -4.77. The Bertz CT molecular complexity index is 554. The molecule has 0 fully saturated rings. The summed E-state index contributed by atoms with van der Waals surface area (Å²) in [4.78, 5) is -0.844.